The van der Waals surface area contributed by atoms with Gasteiger partial charge < -0.3 is 10.1 Å². The number of hydrogen-bond acceptors (Lipinski definition) is 4. The molecule has 0 fully saturated rings. The highest BCUT2D eigenvalue weighted by Crippen LogP contribution is 2.38. The number of anilines is 1. The van der Waals surface area contributed by atoms with Crippen molar-refractivity contribution in [1.29, 1.82) is 5.26 Å². The maximum atomic E-state index is 13.7. The van der Waals surface area contributed by atoms with Crippen molar-refractivity contribution < 1.29 is 31.9 Å². The Bertz CT molecular complexity index is 1140. The van der Waals surface area contributed by atoms with Gasteiger partial charge >= 0.3 is 18.2 Å². The maximum absolute atomic E-state index is 13.7. The first-order valence-corrected chi connectivity index (χ1v) is 9.11. The number of carbonyl (C=O) groups excluding carboxylic acids is 2. The topological polar surface area (TPSA) is 82.4 Å². The molecule has 1 aliphatic heterocycles. The Morgan fingerprint density at radius 3 is 2.44 bits per heavy atom. The molecule has 6 nitrogen and oxygen atoms in total. The van der Waals surface area contributed by atoms with Crippen LogP contribution in [0.4, 0.5) is 28.0 Å². The van der Waals surface area contributed by atoms with Crippen LogP contribution in [0.25, 0.3) is 0 Å². The third kappa shape index (κ3) is 4.16. The lowest BCUT2D eigenvalue weighted by Gasteiger charge is -2.36. The van der Waals surface area contributed by atoms with Crippen molar-refractivity contribution in [3.8, 4) is 6.07 Å². The minimum absolute atomic E-state index is 0.114. The first-order chi connectivity index (χ1) is 15.1. The van der Waals surface area contributed by atoms with E-state index in [0.717, 1.165) is 18.1 Å². The highest BCUT2D eigenvalue weighted by atomic mass is 19.4. The molecule has 0 saturated carbocycles. The molecular formula is C21H14BF4N3O3. The molecule has 0 bridgehead atoms. The van der Waals surface area contributed by atoms with Crippen molar-refractivity contribution in [1.82, 2.24) is 5.32 Å². The van der Waals surface area contributed by atoms with Crippen LogP contribution < -0.4 is 10.2 Å². The van der Waals surface area contributed by atoms with E-state index in [0.29, 0.717) is 23.3 Å². The predicted molar refractivity (Wildman–Crippen MR) is 106 cm³/mol. The van der Waals surface area contributed by atoms with Crippen molar-refractivity contribution in [2.24, 2.45) is 0 Å². The number of hydrogen-bond donors (Lipinski definition) is 1. The number of alkyl halides is 3. The molecule has 3 rings (SSSR count). The number of amides is 2. The summed E-state index contributed by atoms with van der Waals surface area (Å²) in [6.45, 7) is 0. The predicted octanol–water partition coefficient (Wildman–Crippen LogP) is 4.00. The first kappa shape index (κ1) is 22.9. The highest BCUT2D eigenvalue weighted by molar-refractivity contribution is 6.14. The van der Waals surface area contributed by atoms with Crippen LogP contribution in [0.5, 0.6) is 0 Å². The van der Waals surface area contributed by atoms with Crippen LogP contribution in [-0.2, 0) is 15.7 Å². The van der Waals surface area contributed by atoms with E-state index >= 15 is 0 Å². The Morgan fingerprint density at radius 1 is 1.25 bits per heavy atom. The number of allylic oxidation sites excluding steroid dienone is 1. The number of nitrogens with zero attached hydrogens (tertiary/aromatic N) is 2. The number of halogens is 4. The van der Waals surface area contributed by atoms with Crippen LogP contribution in [0.1, 0.15) is 22.7 Å². The molecule has 2 radical (unpaired) electrons. The van der Waals surface area contributed by atoms with E-state index in [1.54, 1.807) is 0 Å². The van der Waals surface area contributed by atoms with Gasteiger partial charge in [-0.3, -0.25) is 4.90 Å². The van der Waals surface area contributed by atoms with Gasteiger partial charge in [0.2, 0.25) is 0 Å². The summed E-state index contributed by atoms with van der Waals surface area (Å²) in [6, 6.07) is 7.98. The fourth-order valence-corrected chi connectivity index (χ4v) is 3.36. The quantitative estimate of drug-likeness (QED) is 0.440. The molecule has 32 heavy (non-hydrogen) atoms. The van der Waals surface area contributed by atoms with E-state index in [1.807, 2.05) is 6.07 Å². The van der Waals surface area contributed by atoms with Gasteiger partial charge in [0, 0.05) is 5.70 Å². The Balaban J connectivity index is 2.20. The smallest absolute Gasteiger partial charge is 0.419 e. The Labute approximate surface area is 181 Å². The largest absolute Gasteiger partial charge is 0.466 e. The lowest BCUT2D eigenvalue weighted by atomic mass is 9.88. The second-order valence-corrected chi connectivity index (χ2v) is 6.67. The minimum Gasteiger partial charge on any atom is -0.466 e. The van der Waals surface area contributed by atoms with E-state index < -0.39 is 41.9 Å². The number of benzene rings is 2. The molecule has 11 heteroatoms. The third-order valence-corrected chi connectivity index (χ3v) is 4.83. The number of rotatable bonds is 4. The molecule has 2 amide bonds. The van der Waals surface area contributed by atoms with Gasteiger partial charge in [-0.15, -0.1) is 0 Å². The van der Waals surface area contributed by atoms with E-state index in [9.17, 15) is 27.2 Å². The Kier molecular flexibility index (Phi) is 6.25. The van der Waals surface area contributed by atoms with E-state index in [1.165, 1.54) is 24.3 Å². The van der Waals surface area contributed by atoms with Crippen LogP contribution in [0.15, 0.2) is 53.7 Å². The maximum Gasteiger partial charge on any atom is 0.419 e. The third-order valence-electron chi connectivity index (χ3n) is 4.83. The van der Waals surface area contributed by atoms with Crippen molar-refractivity contribution in [2.45, 2.75) is 18.5 Å². The van der Waals surface area contributed by atoms with Crippen molar-refractivity contribution >= 4 is 25.5 Å². The second-order valence-electron chi connectivity index (χ2n) is 6.67. The molecule has 1 aliphatic rings. The zero-order chi connectivity index (χ0) is 23.6. The lowest BCUT2D eigenvalue weighted by molar-refractivity contribution is -0.140. The fraction of sp³-hybridized carbons (Fsp3) is 0.190. The first-order valence-electron chi connectivity index (χ1n) is 9.11. The van der Waals surface area contributed by atoms with Crippen LogP contribution in [0, 0.1) is 17.1 Å². The standard InChI is InChI=1S/C21H14BF4N3O3/c1-32-19(30)17-16(9-22)29(13-6-7-15(23)14(8-13)21(24,25)26)20(31)28-18(17)12-4-2-11(10-27)3-5-12/h2-8,18H,9H2,1H3,(H,28,31). The van der Waals surface area contributed by atoms with Crippen molar-refractivity contribution in [3.05, 3.63) is 76.2 Å². The van der Waals surface area contributed by atoms with Crippen LogP contribution in [-0.4, -0.2) is 27.0 Å². The number of esters is 1. The molecule has 162 valence electrons. The SMILES string of the molecule is [B]CC1=C(C(=O)OC)C(c2ccc(C#N)cc2)NC(=O)N1c1ccc(F)c(C(F)(F)F)c1. The lowest BCUT2D eigenvalue weighted by Crippen LogP contribution is -2.48. The number of nitrogens with one attached hydrogen (secondary N) is 1. The molecule has 0 aliphatic carbocycles. The summed E-state index contributed by atoms with van der Waals surface area (Å²) in [4.78, 5) is 26.3. The molecule has 1 unspecified atom stereocenters. The number of urea groups is 1. The van der Waals surface area contributed by atoms with Gasteiger partial charge in [-0.2, -0.15) is 18.4 Å². The van der Waals surface area contributed by atoms with Gasteiger partial charge in [0.05, 0.1) is 49.5 Å². The van der Waals surface area contributed by atoms with Crippen LogP contribution in [0.3, 0.4) is 0 Å². The molecule has 2 aromatic rings. The van der Waals surface area contributed by atoms with E-state index in [-0.39, 0.29) is 17.0 Å². The van der Waals surface area contributed by atoms with Crippen LogP contribution in [0.2, 0.25) is 6.32 Å². The minimum atomic E-state index is -5.00. The van der Waals surface area contributed by atoms with E-state index in [4.69, 9.17) is 17.8 Å². The average molecular weight is 443 g/mol. The summed E-state index contributed by atoms with van der Waals surface area (Å²) < 4.78 is 58.1. The van der Waals surface area contributed by atoms with Gasteiger partial charge in [0.1, 0.15) is 5.82 Å². The number of methoxy groups -OCH3 is 1. The number of ether oxygens (including phenoxy) is 1. The second kappa shape index (κ2) is 8.74. The molecule has 2 aromatic carbocycles. The molecule has 0 saturated heterocycles. The average Bonchev–Trinajstić information content (AvgIpc) is 2.77. The molecule has 1 atom stereocenters. The summed E-state index contributed by atoms with van der Waals surface area (Å²) in [5.74, 6) is -2.39. The van der Waals surface area contributed by atoms with Gasteiger partial charge in [0.15, 0.2) is 0 Å². The van der Waals surface area contributed by atoms with E-state index in [2.05, 4.69) is 5.32 Å². The Hall–Kier alpha value is -3.81. The summed E-state index contributed by atoms with van der Waals surface area (Å²) in [7, 11) is 6.89. The molecule has 0 aromatic heterocycles. The fourth-order valence-electron chi connectivity index (χ4n) is 3.36. The zero-order valence-electron chi connectivity index (χ0n) is 16.5. The summed E-state index contributed by atoms with van der Waals surface area (Å²) >= 11 is 0. The van der Waals surface area contributed by atoms with Gasteiger partial charge in [-0.05, 0) is 42.2 Å². The monoisotopic (exact) mass is 443 g/mol. The molecular weight excluding hydrogens is 429 g/mol. The Morgan fingerprint density at radius 2 is 1.91 bits per heavy atom. The zero-order valence-corrected chi connectivity index (χ0v) is 16.5. The highest BCUT2D eigenvalue weighted by Gasteiger charge is 2.40. The number of carbonyl (C=O) groups is 2. The van der Waals surface area contributed by atoms with Crippen LogP contribution >= 0.6 is 0 Å². The summed E-state index contributed by atoms with van der Waals surface area (Å²) in [5.41, 5.74) is -1.39. The van der Waals surface area contributed by atoms with Crippen molar-refractivity contribution in [3.63, 3.8) is 0 Å². The normalized spacial score (nSPS) is 16.4. The molecule has 1 N–H and O–H groups in total. The van der Waals surface area contributed by atoms with Gasteiger partial charge in [-0.25, -0.2) is 14.0 Å². The van der Waals surface area contributed by atoms with Crippen molar-refractivity contribution in [2.75, 3.05) is 12.0 Å². The van der Waals surface area contributed by atoms with Gasteiger partial charge in [0.25, 0.3) is 0 Å². The van der Waals surface area contributed by atoms with Gasteiger partial charge in [-0.1, -0.05) is 12.1 Å². The molecule has 1 heterocycles. The summed E-state index contributed by atoms with van der Waals surface area (Å²) in [6.07, 6.45) is -5.42. The molecule has 0 spiro atoms. The number of nitriles is 1. The summed E-state index contributed by atoms with van der Waals surface area (Å²) in [5, 5.41) is 11.5.